The quantitative estimate of drug-likeness (QED) is 0.736. The summed E-state index contributed by atoms with van der Waals surface area (Å²) >= 11 is 0. The van der Waals surface area contributed by atoms with Crippen molar-refractivity contribution in [3.63, 3.8) is 0 Å². The van der Waals surface area contributed by atoms with Gasteiger partial charge in [0.1, 0.15) is 5.82 Å². The molecule has 0 aliphatic carbocycles. The molecule has 29 heavy (non-hydrogen) atoms. The van der Waals surface area contributed by atoms with Gasteiger partial charge in [0.25, 0.3) is 11.8 Å². The van der Waals surface area contributed by atoms with E-state index in [9.17, 15) is 22.0 Å². The molecule has 0 radical (unpaired) electrons. The summed E-state index contributed by atoms with van der Waals surface area (Å²) in [6.45, 7) is 3.14. The summed E-state index contributed by atoms with van der Waals surface area (Å²) in [7, 11) is -3.97. The van der Waals surface area contributed by atoms with E-state index in [4.69, 9.17) is 4.74 Å². The van der Waals surface area contributed by atoms with Crippen LogP contribution in [0.2, 0.25) is 0 Å². The number of aromatic amines is 1. The molecular weight excluding hydrogens is 406 g/mol. The first kappa shape index (κ1) is 21.2. The number of benzene rings is 1. The molecule has 1 saturated heterocycles. The number of alkyl halides is 2. The lowest BCUT2D eigenvalue weighted by Crippen LogP contribution is -2.42. The second-order valence-electron chi connectivity index (χ2n) is 7.03. The third-order valence-corrected chi connectivity index (χ3v) is 6.24. The number of rotatable bonds is 6. The molecule has 11 heteroatoms. The van der Waals surface area contributed by atoms with Gasteiger partial charge >= 0.3 is 0 Å². The van der Waals surface area contributed by atoms with E-state index in [1.807, 2.05) is 13.8 Å². The maximum absolute atomic E-state index is 13.3. The van der Waals surface area contributed by atoms with Crippen LogP contribution in [0.15, 0.2) is 35.2 Å². The molecule has 0 saturated carbocycles. The molecule has 1 fully saturated rings. The Balaban J connectivity index is 1.73. The monoisotopic (exact) mass is 428 g/mol. The van der Waals surface area contributed by atoms with Crippen LogP contribution in [0.3, 0.4) is 0 Å². The highest BCUT2D eigenvalue weighted by molar-refractivity contribution is 7.89. The van der Waals surface area contributed by atoms with Crippen molar-refractivity contribution in [2.24, 2.45) is 0 Å². The molecule has 1 amide bonds. The average molecular weight is 428 g/mol. The van der Waals surface area contributed by atoms with Gasteiger partial charge in [-0.1, -0.05) is 6.07 Å². The summed E-state index contributed by atoms with van der Waals surface area (Å²) in [6, 6.07) is 6.95. The van der Waals surface area contributed by atoms with Crippen molar-refractivity contribution in [2.75, 3.05) is 18.4 Å². The standard InChI is InChI=1S/C18H22F2N4O4S/c1-12(2)28-16-11-15(22-23-16)21-17(25)13-4-3-5-14(10-13)29(26,27)24-8-6-18(19,20)7-9-24/h3-5,10-12H,6-9H2,1-2H3,(H2,21,22,23,25). The van der Waals surface area contributed by atoms with Crippen molar-refractivity contribution in [1.29, 1.82) is 0 Å². The Bertz CT molecular complexity index is 981. The number of halogens is 2. The Kier molecular flexibility index (Phi) is 5.90. The first-order valence-electron chi connectivity index (χ1n) is 9.08. The number of hydrogen-bond donors (Lipinski definition) is 2. The van der Waals surface area contributed by atoms with Crippen molar-refractivity contribution >= 4 is 21.7 Å². The molecule has 0 bridgehead atoms. The highest BCUT2D eigenvalue weighted by Crippen LogP contribution is 2.30. The number of H-pyrrole nitrogens is 1. The molecular formula is C18H22F2N4O4S. The number of sulfonamides is 1. The van der Waals surface area contributed by atoms with E-state index >= 15 is 0 Å². The molecule has 158 valence electrons. The number of carbonyl (C=O) groups excluding carboxylic acids is 1. The minimum Gasteiger partial charge on any atom is -0.474 e. The highest BCUT2D eigenvalue weighted by atomic mass is 32.2. The van der Waals surface area contributed by atoms with E-state index in [1.54, 1.807) is 0 Å². The number of nitrogens with zero attached hydrogens (tertiary/aromatic N) is 2. The molecule has 1 aliphatic rings. The zero-order chi connectivity index (χ0) is 21.2. The van der Waals surface area contributed by atoms with E-state index in [-0.39, 0.29) is 35.5 Å². The lowest BCUT2D eigenvalue weighted by Gasteiger charge is -2.30. The van der Waals surface area contributed by atoms with Gasteiger partial charge < -0.3 is 10.1 Å². The summed E-state index contributed by atoms with van der Waals surface area (Å²) in [5.74, 6) is -2.80. The zero-order valence-corrected chi connectivity index (χ0v) is 16.8. The van der Waals surface area contributed by atoms with Gasteiger partial charge in [-0.25, -0.2) is 17.2 Å². The molecule has 8 nitrogen and oxygen atoms in total. The first-order valence-corrected chi connectivity index (χ1v) is 10.5. The Morgan fingerprint density at radius 3 is 2.62 bits per heavy atom. The molecule has 1 aliphatic heterocycles. The average Bonchev–Trinajstić information content (AvgIpc) is 3.07. The zero-order valence-electron chi connectivity index (χ0n) is 16.0. The number of piperidine rings is 1. The summed E-state index contributed by atoms with van der Waals surface area (Å²) in [6.07, 6.45) is -1.13. The maximum atomic E-state index is 13.3. The van der Waals surface area contributed by atoms with Gasteiger partial charge in [-0.3, -0.25) is 9.89 Å². The summed E-state index contributed by atoms with van der Waals surface area (Å²) < 4.78 is 58.6. The smallest absolute Gasteiger partial charge is 0.256 e. The van der Waals surface area contributed by atoms with E-state index in [1.165, 1.54) is 30.3 Å². The lowest BCUT2D eigenvalue weighted by molar-refractivity contribution is -0.0412. The maximum Gasteiger partial charge on any atom is 0.256 e. The van der Waals surface area contributed by atoms with Gasteiger partial charge in [-0.2, -0.15) is 4.31 Å². The predicted octanol–water partition coefficient (Wildman–Crippen LogP) is 2.87. The van der Waals surface area contributed by atoms with Crippen molar-refractivity contribution in [3.8, 4) is 5.88 Å². The third-order valence-electron chi connectivity index (χ3n) is 4.35. The number of hydrogen-bond acceptors (Lipinski definition) is 5. The van der Waals surface area contributed by atoms with Crippen LogP contribution in [0.1, 0.15) is 37.0 Å². The van der Waals surface area contributed by atoms with Crippen LogP contribution in [0.25, 0.3) is 0 Å². The van der Waals surface area contributed by atoms with Crippen molar-refractivity contribution < 1.29 is 26.7 Å². The molecule has 2 N–H and O–H groups in total. The van der Waals surface area contributed by atoms with E-state index in [0.717, 1.165) is 4.31 Å². The van der Waals surface area contributed by atoms with E-state index < -0.39 is 34.7 Å². The van der Waals surface area contributed by atoms with Crippen LogP contribution in [0, 0.1) is 0 Å². The van der Waals surface area contributed by atoms with Crippen LogP contribution >= 0.6 is 0 Å². The molecule has 0 unspecified atom stereocenters. The Morgan fingerprint density at radius 1 is 1.28 bits per heavy atom. The van der Waals surface area contributed by atoms with E-state index in [0.29, 0.717) is 5.88 Å². The molecule has 2 heterocycles. The van der Waals surface area contributed by atoms with Crippen LogP contribution < -0.4 is 10.1 Å². The molecule has 1 aromatic carbocycles. The fourth-order valence-corrected chi connectivity index (χ4v) is 4.35. The van der Waals surface area contributed by atoms with Gasteiger partial charge in [0, 0.05) is 37.6 Å². The summed E-state index contributed by atoms with van der Waals surface area (Å²) in [4.78, 5) is 12.4. The second-order valence-corrected chi connectivity index (χ2v) is 8.97. The van der Waals surface area contributed by atoms with Crippen LogP contribution in [0.5, 0.6) is 5.88 Å². The highest BCUT2D eigenvalue weighted by Gasteiger charge is 2.38. The van der Waals surface area contributed by atoms with Gasteiger partial charge in [-0.15, -0.1) is 5.10 Å². The largest absolute Gasteiger partial charge is 0.474 e. The number of anilines is 1. The minimum absolute atomic E-state index is 0.0847. The molecule has 0 spiro atoms. The number of nitrogens with one attached hydrogen (secondary N) is 2. The number of carbonyl (C=O) groups is 1. The Labute approximate surface area is 167 Å². The summed E-state index contributed by atoms with van der Waals surface area (Å²) in [5.41, 5.74) is 0.106. The predicted molar refractivity (Wildman–Crippen MR) is 102 cm³/mol. The molecule has 3 rings (SSSR count). The van der Waals surface area contributed by atoms with Crippen molar-refractivity contribution in [2.45, 2.75) is 43.6 Å². The van der Waals surface area contributed by atoms with Crippen LogP contribution in [-0.2, 0) is 10.0 Å². The lowest BCUT2D eigenvalue weighted by atomic mass is 10.1. The van der Waals surface area contributed by atoms with Crippen LogP contribution in [-0.4, -0.2) is 53.9 Å². The summed E-state index contributed by atoms with van der Waals surface area (Å²) in [5, 5.41) is 9.09. The fraction of sp³-hybridized carbons (Fsp3) is 0.444. The third kappa shape index (κ3) is 5.10. The number of aromatic nitrogens is 2. The molecule has 1 aromatic heterocycles. The fourth-order valence-electron chi connectivity index (χ4n) is 2.86. The minimum atomic E-state index is -3.97. The number of amides is 1. The normalized spacial score (nSPS) is 17.3. The van der Waals surface area contributed by atoms with Gasteiger partial charge in [-0.05, 0) is 32.0 Å². The first-order chi connectivity index (χ1) is 13.6. The van der Waals surface area contributed by atoms with Gasteiger partial charge in [0.15, 0.2) is 0 Å². The Morgan fingerprint density at radius 2 is 1.97 bits per heavy atom. The van der Waals surface area contributed by atoms with E-state index in [2.05, 4.69) is 15.5 Å². The Hall–Kier alpha value is -2.53. The number of ether oxygens (including phenoxy) is 1. The molecule has 2 aromatic rings. The van der Waals surface area contributed by atoms with Crippen LogP contribution in [0.4, 0.5) is 14.6 Å². The van der Waals surface area contributed by atoms with Gasteiger partial charge in [0.05, 0.1) is 11.0 Å². The SMILES string of the molecule is CC(C)Oc1cc(NC(=O)c2cccc(S(=O)(=O)N3CCC(F)(F)CC3)c2)[nH]n1. The molecule has 0 atom stereocenters. The van der Waals surface area contributed by atoms with Gasteiger partial charge in [0.2, 0.25) is 15.9 Å². The van der Waals surface area contributed by atoms with Crippen molar-refractivity contribution in [3.05, 3.63) is 35.9 Å². The van der Waals surface area contributed by atoms with Crippen molar-refractivity contribution in [1.82, 2.24) is 14.5 Å². The topological polar surface area (TPSA) is 104 Å². The second kappa shape index (κ2) is 8.07.